The minimum atomic E-state index is -3.63. The van der Waals surface area contributed by atoms with Crippen molar-refractivity contribution in [1.29, 1.82) is 0 Å². The fraction of sp³-hybridized carbons (Fsp3) is 0.647. The summed E-state index contributed by atoms with van der Waals surface area (Å²) in [6, 6.07) is 5.36. The van der Waals surface area contributed by atoms with Crippen molar-refractivity contribution in [1.82, 2.24) is 0 Å². The summed E-state index contributed by atoms with van der Waals surface area (Å²) in [6.07, 6.45) is 4.49. The summed E-state index contributed by atoms with van der Waals surface area (Å²) in [7, 11) is -7.18. The van der Waals surface area contributed by atoms with E-state index in [2.05, 4.69) is 0 Å². The molecule has 9 heteroatoms. The SMILES string of the molecule is Cc1ccc2c(c1)N(S(=O)(=O)C1CCCCC1)CC(COS(C)(=O)=O)O2. The van der Waals surface area contributed by atoms with Crippen LogP contribution in [0.5, 0.6) is 5.75 Å². The van der Waals surface area contributed by atoms with Crippen molar-refractivity contribution in [3.05, 3.63) is 23.8 Å². The van der Waals surface area contributed by atoms with Gasteiger partial charge in [0.2, 0.25) is 10.0 Å². The second-order valence-corrected chi connectivity index (χ2v) is 10.8. The molecule has 1 atom stereocenters. The average molecular weight is 404 g/mol. The molecule has 1 aromatic rings. The van der Waals surface area contributed by atoms with E-state index in [1.54, 1.807) is 12.1 Å². The van der Waals surface area contributed by atoms with E-state index in [9.17, 15) is 16.8 Å². The minimum Gasteiger partial charge on any atom is -0.484 e. The molecule has 1 heterocycles. The molecule has 1 saturated carbocycles. The van der Waals surface area contributed by atoms with Crippen LogP contribution < -0.4 is 9.04 Å². The van der Waals surface area contributed by atoms with Crippen LogP contribution in [0.1, 0.15) is 37.7 Å². The molecule has 0 spiro atoms. The van der Waals surface area contributed by atoms with Crippen LogP contribution in [-0.2, 0) is 24.3 Å². The second-order valence-electron chi connectivity index (χ2n) is 7.04. The third-order valence-electron chi connectivity index (χ3n) is 4.79. The fourth-order valence-corrected chi connectivity index (χ4v) is 5.97. The summed E-state index contributed by atoms with van der Waals surface area (Å²) < 4.78 is 61.1. The monoisotopic (exact) mass is 403 g/mol. The third kappa shape index (κ3) is 4.32. The first-order valence-corrected chi connectivity index (χ1v) is 12.1. The molecule has 0 aromatic heterocycles. The molecule has 3 rings (SSSR count). The molecule has 1 aromatic carbocycles. The number of nitrogens with zero attached hydrogens (tertiary/aromatic N) is 1. The van der Waals surface area contributed by atoms with Crippen molar-refractivity contribution in [3.63, 3.8) is 0 Å². The number of anilines is 1. The van der Waals surface area contributed by atoms with E-state index in [4.69, 9.17) is 8.92 Å². The molecule has 1 aliphatic carbocycles. The summed E-state index contributed by atoms with van der Waals surface area (Å²) in [6.45, 7) is 1.72. The van der Waals surface area contributed by atoms with E-state index >= 15 is 0 Å². The third-order valence-corrected chi connectivity index (χ3v) is 7.63. The van der Waals surface area contributed by atoms with Crippen LogP contribution in [0, 0.1) is 6.92 Å². The zero-order valence-electron chi connectivity index (χ0n) is 15.0. The van der Waals surface area contributed by atoms with Gasteiger partial charge >= 0.3 is 0 Å². The lowest BCUT2D eigenvalue weighted by atomic mass is 10.0. The summed E-state index contributed by atoms with van der Waals surface area (Å²) in [5.74, 6) is 0.434. The molecule has 26 heavy (non-hydrogen) atoms. The molecule has 0 radical (unpaired) electrons. The summed E-state index contributed by atoms with van der Waals surface area (Å²) in [5, 5.41) is -0.404. The van der Waals surface area contributed by atoms with Gasteiger partial charge in [-0.15, -0.1) is 0 Å². The van der Waals surface area contributed by atoms with Crippen LogP contribution in [-0.4, -0.2) is 47.6 Å². The highest BCUT2D eigenvalue weighted by Gasteiger charge is 2.39. The molecular weight excluding hydrogens is 378 g/mol. The number of benzene rings is 1. The van der Waals surface area contributed by atoms with Gasteiger partial charge in [0.1, 0.15) is 18.5 Å². The Morgan fingerprint density at radius 2 is 1.85 bits per heavy atom. The fourth-order valence-electron chi connectivity index (χ4n) is 3.49. The predicted molar refractivity (Wildman–Crippen MR) is 99.5 cm³/mol. The van der Waals surface area contributed by atoms with E-state index in [0.717, 1.165) is 31.1 Å². The van der Waals surface area contributed by atoms with Crippen LogP contribution in [0.3, 0.4) is 0 Å². The molecule has 1 aliphatic heterocycles. The maximum atomic E-state index is 13.3. The van der Waals surface area contributed by atoms with Gasteiger partial charge in [0, 0.05) is 0 Å². The van der Waals surface area contributed by atoms with Gasteiger partial charge < -0.3 is 4.74 Å². The predicted octanol–water partition coefficient (Wildman–Crippen LogP) is 2.20. The molecule has 0 bridgehead atoms. The molecule has 146 valence electrons. The molecule has 1 fully saturated rings. The lowest BCUT2D eigenvalue weighted by Crippen LogP contribution is -2.49. The van der Waals surface area contributed by atoms with Crippen LogP contribution in [0.15, 0.2) is 18.2 Å². The van der Waals surface area contributed by atoms with Gasteiger partial charge in [-0.3, -0.25) is 8.49 Å². The number of hydrogen-bond acceptors (Lipinski definition) is 6. The molecule has 7 nitrogen and oxygen atoms in total. The maximum absolute atomic E-state index is 13.3. The Hall–Kier alpha value is -1.32. The molecule has 1 unspecified atom stereocenters. The Morgan fingerprint density at radius 1 is 1.15 bits per heavy atom. The highest BCUT2D eigenvalue weighted by molar-refractivity contribution is 7.93. The Balaban J connectivity index is 1.92. The first-order valence-electron chi connectivity index (χ1n) is 8.80. The Bertz CT molecular complexity index is 859. The van der Waals surface area contributed by atoms with Gasteiger partial charge in [0.15, 0.2) is 0 Å². The highest BCUT2D eigenvalue weighted by atomic mass is 32.2. The normalized spacial score (nSPS) is 21.9. The smallest absolute Gasteiger partial charge is 0.264 e. The van der Waals surface area contributed by atoms with E-state index in [1.165, 1.54) is 4.31 Å². The van der Waals surface area contributed by atoms with Gasteiger partial charge in [0.25, 0.3) is 10.1 Å². The zero-order valence-corrected chi connectivity index (χ0v) is 16.7. The lowest BCUT2D eigenvalue weighted by Gasteiger charge is -2.38. The largest absolute Gasteiger partial charge is 0.484 e. The molecule has 0 N–H and O–H groups in total. The Morgan fingerprint density at radius 3 is 2.50 bits per heavy atom. The van der Waals surface area contributed by atoms with Crippen molar-refractivity contribution in [2.24, 2.45) is 0 Å². The maximum Gasteiger partial charge on any atom is 0.264 e. The highest BCUT2D eigenvalue weighted by Crippen LogP contribution is 2.38. The Labute approximate surface area is 155 Å². The van der Waals surface area contributed by atoms with Crippen molar-refractivity contribution in [2.75, 3.05) is 23.7 Å². The van der Waals surface area contributed by atoms with E-state index in [-0.39, 0.29) is 13.2 Å². The Kier molecular flexibility index (Phi) is 5.50. The van der Waals surface area contributed by atoms with Crippen LogP contribution >= 0.6 is 0 Å². The van der Waals surface area contributed by atoms with Gasteiger partial charge in [-0.1, -0.05) is 25.3 Å². The van der Waals surface area contributed by atoms with Gasteiger partial charge in [-0.05, 0) is 37.5 Å². The summed E-state index contributed by atoms with van der Waals surface area (Å²) in [5.41, 5.74) is 1.45. The van der Waals surface area contributed by atoms with Gasteiger partial charge in [-0.2, -0.15) is 8.42 Å². The molecule has 0 saturated heterocycles. The zero-order chi connectivity index (χ0) is 18.9. The number of aryl methyl sites for hydroxylation is 1. The van der Waals surface area contributed by atoms with Crippen molar-refractivity contribution in [3.8, 4) is 5.75 Å². The van der Waals surface area contributed by atoms with Crippen LogP contribution in [0.25, 0.3) is 0 Å². The topological polar surface area (TPSA) is 90.0 Å². The molecule has 0 amide bonds. The molecular formula is C17H25NO6S2. The second kappa shape index (κ2) is 7.36. The lowest BCUT2D eigenvalue weighted by molar-refractivity contribution is 0.132. The number of sulfonamides is 1. The van der Waals surface area contributed by atoms with Gasteiger partial charge in [0.05, 0.1) is 23.7 Å². The number of rotatable bonds is 5. The first-order chi connectivity index (χ1) is 12.2. The average Bonchev–Trinajstić information content (AvgIpc) is 2.59. The number of hydrogen-bond donors (Lipinski definition) is 0. The van der Waals surface area contributed by atoms with Crippen molar-refractivity contribution >= 4 is 25.8 Å². The van der Waals surface area contributed by atoms with E-state index in [0.29, 0.717) is 24.3 Å². The van der Waals surface area contributed by atoms with Gasteiger partial charge in [-0.25, -0.2) is 8.42 Å². The minimum absolute atomic E-state index is 0.0464. The quantitative estimate of drug-likeness (QED) is 0.700. The standard InChI is InChI=1S/C17H25NO6S2/c1-13-8-9-17-16(10-13)18(11-14(24-17)12-23-25(2,19)20)26(21,22)15-6-4-3-5-7-15/h8-10,14-15H,3-7,11-12H2,1-2H3. The van der Waals surface area contributed by atoms with Crippen molar-refractivity contribution in [2.45, 2.75) is 50.4 Å². The van der Waals surface area contributed by atoms with Crippen molar-refractivity contribution < 1.29 is 25.8 Å². The van der Waals surface area contributed by atoms with E-state index < -0.39 is 31.5 Å². The summed E-state index contributed by atoms with van der Waals surface area (Å²) >= 11 is 0. The van der Waals surface area contributed by atoms with Crippen LogP contribution in [0.2, 0.25) is 0 Å². The number of fused-ring (bicyclic) bond motifs is 1. The molecule has 2 aliphatic rings. The van der Waals surface area contributed by atoms with Crippen LogP contribution in [0.4, 0.5) is 5.69 Å². The first kappa shape index (κ1) is 19.4. The summed E-state index contributed by atoms with van der Waals surface area (Å²) in [4.78, 5) is 0. The van der Waals surface area contributed by atoms with E-state index in [1.807, 2.05) is 13.0 Å². The number of ether oxygens (including phenoxy) is 1.